The first-order chi connectivity index (χ1) is 10.2. The van der Waals surface area contributed by atoms with E-state index in [4.69, 9.17) is 4.74 Å². The molecule has 0 aliphatic carbocycles. The van der Waals surface area contributed by atoms with Gasteiger partial charge in [-0.3, -0.25) is 4.79 Å². The number of hydrogen-bond donors (Lipinski definition) is 2. The second kappa shape index (κ2) is 5.83. The highest BCUT2D eigenvalue weighted by Crippen LogP contribution is 2.19. The van der Waals surface area contributed by atoms with Crippen LogP contribution >= 0.6 is 0 Å². The number of hydrogen-bond acceptors (Lipinski definition) is 4. The number of carboxylic acid groups (broad SMARTS) is 1. The molecule has 2 aliphatic heterocycles. The number of morpholine rings is 1. The zero-order chi connectivity index (χ0) is 14.8. The minimum absolute atomic E-state index is 0.0492. The summed E-state index contributed by atoms with van der Waals surface area (Å²) in [5.74, 6) is -1.26. The van der Waals surface area contributed by atoms with Crippen molar-refractivity contribution in [2.75, 3.05) is 26.3 Å². The van der Waals surface area contributed by atoms with E-state index in [0.29, 0.717) is 18.7 Å². The largest absolute Gasteiger partial charge is 0.480 e. The monoisotopic (exact) mass is 290 g/mol. The summed E-state index contributed by atoms with van der Waals surface area (Å²) in [5, 5.41) is 12.5. The Morgan fingerprint density at radius 1 is 1.33 bits per heavy atom. The Balaban J connectivity index is 1.85. The van der Waals surface area contributed by atoms with Gasteiger partial charge >= 0.3 is 5.97 Å². The van der Waals surface area contributed by atoms with Gasteiger partial charge in [-0.15, -0.1) is 0 Å². The molecule has 6 heteroatoms. The predicted octanol–water partition coefficient (Wildman–Crippen LogP) is 0.258. The van der Waals surface area contributed by atoms with Crippen molar-refractivity contribution in [2.45, 2.75) is 19.0 Å². The molecule has 0 bridgehead atoms. The van der Waals surface area contributed by atoms with Crippen molar-refractivity contribution in [3.8, 4) is 0 Å². The van der Waals surface area contributed by atoms with E-state index in [-0.39, 0.29) is 12.5 Å². The maximum atomic E-state index is 12.6. The van der Waals surface area contributed by atoms with Gasteiger partial charge in [0.05, 0.1) is 13.2 Å². The topological polar surface area (TPSA) is 78.9 Å². The second-order valence-electron chi connectivity index (χ2n) is 5.34. The van der Waals surface area contributed by atoms with Gasteiger partial charge in [0, 0.05) is 18.7 Å². The smallest absolute Gasteiger partial charge is 0.328 e. The first-order valence-electron chi connectivity index (χ1n) is 7.11. The third-order valence-corrected chi connectivity index (χ3v) is 4.01. The van der Waals surface area contributed by atoms with Crippen molar-refractivity contribution in [1.29, 1.82) is 0 Å². The van der Waals surface area contributed by atoms with E-state index < -0.39 is 12.0 Å². The molecule has 0 aromatic heterocycles. The van der Waals surface area contributed by atoms with Crippen molar-refractivity contribution >= 4 is 11.9 Å². The molecular weight excluding hydrogens is 272 g/mol. The van der Waals surface area contributed by atoms with Crippen molar-refractivity contribution in [1.82, 2.24) is 10.2 Å². The highest BCUT2D eigenvalue weighted by molar-refractivity contribution is 5.97. The Bertz CT molecular complexity index is 573. The molecule has 1 fully saturated rings. The number of ether oxygens (including phenoxy) is 1. The third kappa shape index (κ3) is 2.77. The summed E-state index contributed by atoms with van der Waals surface area (Å²) in [6.07, 6.45) is 0.957. The number of nitrogens with one attached hydrogen (secondary N) is 1. The van der Waals surface area contributed by atoms with Crippen LogP contribution in [0.15, 0.2) is 18.2 Å². The minimum Gasteiger partial charge on any atom is -0.480 e. The molecule has 1 unspecified atom stereocenters. The van der Waals surface area contributed by atoms with E-state index in [2.05, 4.69) is 5.32 Å². The van der Waals surface area contributed by atoms with Gasteiger partial charge in [-0.1, -0.05) is 6.07 Å². The zero-order valence-electron chi connectivity index (χ0n) is 11.7. The number of aliphatic carboxylic acids is 1. The number of carbonyl (C=O) groups is 2. The van der Waals surface area contributed by atoms with Crippen LogP contribution in [0.4, 0.5) is 0 Å². The molecule has 6 nitrogen and oxygen atoms in total. The van der Waals surface area contributed by atoms with Crippen LogP contribution in [0.2, 0.25) is 0 Å². The lowest BCUT2D eigenvalue weighted by Gasteiger charge is -2.33. The average molecular weight is 290 g/mol. The number of carboxylic acids is 1. The van der Waals surface area contributed by atoms with E-state index in [1.165, 1.54) is 10.5 Å². The maximum Gasteiger partial charge on any atom is 0.328 e. The molecule has 1 aromatic carbocycles. The summed E-state index contributed by atoms with van der Waals surface area (Å²) in [7, 11) is 0. The lowest BCUT2D eigenvalue weighted by Crippen LogP contribution is -2.52. The molecule has 21 heavy (non-hydrogen) atoms. The molecule has 0 spiro atoms. The highest BCUT2D eigenvalue weighted by atomic mass is 16.5. The van der Waals surface area contributed by atoms with Crippen molar-refractivity contribution < 1.29 is 19.4 Å². The number of amides is 1. The van der Waals surface area contributed by atoms with Gasteiger partial charge < -0.3 is 20.1 Å². The summed E-state index contributed by atoms with van der Waals surface area (Å²) < 4.78 is 5.17. The summed E-state index contributed by atoms with van der Waals surface area (Å²) in [5.41, 5.74) is 2.92. The lowest BCUT2D eigenvalue weighted by atomic mass is 9.98. The van der Waals surface area contributed by atoms with Crippen LogP contribution in [0.25, 0.3) is 0 Å². The molecule has 2 aliphatic rings. The molecular formula is C15H18N2O4. The average Bonchev–Trinajstić information content (AvgIpc) is 2.53. The summed E-state index contributed by atoms with van der Waals surface area (Å²) in [6.45, 7) is 2.44. The zero-order valence-corrected chi connectivity index (χ0v) is 11.7. The lowest BCUT2D eigenvalue weighted by molar-refractivity contribution is -0.147. The van der Waals surface area contributed by atoms with Gasteiger partial charge in [-0.05, 0) is 36.2 Å². The van der Waals surface area contributed by atoms with Gasteiger partial charge in [-0.2, -0.15) is 0 Å². The predicted molar refractivity (Wildman–Crippen MR) is 75.1 cm³/mol. The van der Waals surface area contributed by atoms with Crippen LogP contribution in [0.3, 0.4) is 0 Å². The van der Waals surface area contributed by atoms with Crippen molar-refractivity contribution in [2.24, 2.45) is 0 Å². The van der Waals surface area contributed by atoms with E-state index in [1.807, 2.05) is 12.1 Å². The molecule has 2 heterocycles. The van der Waals surface area contributed by atoms with Crippen LogP contribution in [-0.2, 0) is 22.5 Å². The van der Waals surface area contributed by atoms with Gasteiger partial charge in [0.1, 0.15) is 0 Å². The number of fused-ring (bicyclic) bond motifs is 1. The number of carbonyl (C=O) groups excluding carboxylic acids is 1. The molecule has 0 saturated carbocycles. The number of rotatable bonds is 2. The van der Waals surface area contributed by atoms with E-state index in [1.54, 1.807) is 6.07 Å². The molecule has 2 N–H and O–H groups in total. The fourth-order valence-electron chi connectivity index (χ4n) is 2.83. The first-order valence-corrected chi connectivity index (χ1v) is 7.11. The molecule has 1 amide bonds. The number of nitrogens with zero attached hydrogens (tertiary/aromatic N) is 1. The Morgan fingerprint density at radius 2 is 2.19 bits per heavy atom. The fourth-order valence-corrected chi connectivity index (χ4v) is 2.83. The summed E-state index contributed by atoms with van der Waals surface area (Å²) >= 11 is 0. The molecule has 1 saturated heterocycles. The van der Waals surface area contributed by atoms with Crippen LogP contribution in [0.5, 0.6) is 0 Å². The van der Waals surface area contributed by atoms with Crippen LogP contribution in [0.1, 0.15) is 21.5 Å². The third-order valence-electron chi connectivity index (χ3n) is 4.01. The Hall–Kier alpha value is -1.92. The van der Waals surface area contributed by atoms with Gasteiger partial charge in [0.15, 0.2) is 6.04 Å². The van der Waals surface area contributed by atoms with Crippen LogP contribution in [0, 0.1) is 0 Å². The number of benzene rings is 1. The second-order valence-corrected chi connectivity index (χ2v) is 5.34. The first kappa shape index (κ1) is 14.0. The molecule has 1 atom stereocenters. The molecule has 112 valence electrons. The quantitative estimate of drug-likeness (QED) is 0.817. The SMILES string of the molecule is O=C(O)C1COCCN1C(=O)c1ccc2c(c1)CNCC2. The highest BCUT2D eigenvalue weighted by Gasteiger charge is 2.33. The Morgan fingerprint density at radius 3 is 3.00 bits per heavy atom. The molecule has 3 rings (SSSR count). The van der Waals surface area contributed by atoms with Gasteiger partial charge in [-0.25, -0.2) is 4.79 Å². The van der Waals surface area contributed by atoms with Gasteiger partial charge in [0.2, 0.25) is 0 Å². The normalized spacial score (nSPS) is 21.7. The minimum atomic E-state index is -1.03. The fraction of sp³-hybridized carbons (Fsp3) is 0.467. The van der Waals surface area contributed by atoms with Crippen molar-refractivity contribution in [3.05, 3.63) is 34.9 Å². The molecule has 0 radical (unpaired) electrons. The maximum absolute atomic E-state index is 12.6. The van der Waals surface area contributed by atoms with E-state index in [0.717, 1.165) is 25.1 Å². The summed E-state index contributed by atoms with van der Waals surface area (Å²) in [6, 6.07) is 4.74. The Kier molecular flexibility index (Phi) is 3.90. The molecule has 1 aromatic rings. The van der Waals surface area contributed by atoms with Crippen molar-refractivity contribution in [3.63, 3.8) is 0 Å². The Labute approximate surface area is 122 Å². The van der Waals surface area contributed by atoms with Gasteiger partial charge in [0.25, 0.3) is 5.91 Å². The van der Waals surface area contributed by atoms with E-state index >= 15 is 0 Å². The summed E-state index contributed by atoms with van der Waals surface area (Å²) in [4.78, 5) is 25.2. The van der Waals surface area contributed by atoms with Crippen LogP contribution in [-0.4, -0.2) is 54.2 Å². The van der Waals surface area contributed by atoms with Crippen LogP contribution < -0.4 is 5.32 Å². The standard InChI is InChI=1S/C15H18N2O4/c18-14(17-5-6-21-9-13(17)15(19)20)11-2-1-10-3-4-16-8-12(10)7-11/h1-2,7,13,16H,3-6,8-9H2,(H,19,20). The van der Waals surface area contributed by atoms with E-state index in [9.17, 15) is 14.7 Å².